The molecule has 2 aromatic rings. The van der Waals surface area contributed by atoms with Gasteiger partial charge in [-0.3, -0.25) is 4.98 Å². The summed E-state index contributed by atoms with van der Waals surface area (Å²) in [5, 5.41) is 0. The second-order valence-corrected chi connectivity index (χ2v) is 3.18. The number of benzene rings is 1. The number of methoxy groups -OCH3 is 1. The van der Waals surface area contributed by atoms with Crippen molar-refractivity contribution >= 4 is 0 Å². The Morgan fingerprint density at radius 2 is 2.19 bits per heavy atom. The number of aromatic nitrogens is 1. The first kappa shape index (κ1) is 10.5. The summed E-state index contributed by atoms with van der Waals surface area (Å²) in [7, 11) is 1.60. The van der Waals surface area contributed by atoms with Crippen molar-refractivity contribution in [2.24, 2.45) is 0 Å². The van der Waals surface area contributed by atoms with E-state index in [1.54, 1.807) is 19.4 Å². The maximum absolute atomic E-state index is 5.60. The molecule has 0 aliphatic carbocycles. The fourth-order valence-corrected chi connectivity index (χ4v) is 1.31. The Hall–Kier alpha value is -2.03. The van der Waals surface area contributed by atoms with Crippen molar-refractivity contribution in [1.29, 1.82) is 0 Å². The molecule has 0 saturated heterocycles. The summed E-state index contributed by atoms with van der Waals surface area (Å²) >= 11 is 0. The van der Waals surface area contributed by atoms with Crippen LogP contribution < -0.4 is 9.47 Å². The Morgan fingerprint density at radius 3 is 2.94 bits per heavy atom. The molecule has 1 aromatic heterocycles. The summed E-state index contributed by atoms with van der Waals surface area (Å²) in [6.07, 6.45) is 1.74. The summed E-state index contributed by atoms with van der Waals surface area (Å²) in [5.74, 6) is 1.29. The van der Waals surface area contributed by atoms with E-state index < -0.39 is 0 Å². The molecule has 3 nitrogen and oxygen atoms in total. The van der Waals surface area contributed by atoms with Gasteiger partial charge in [0.15, 0.2) is 11.5 Å². The molecule has 81 valence electrons. The van der Waals surface area contributed by atoms with Gasteiger partial charge in [-0.05, 0) is 18.2 Å². The van der Waals surface area contributed by atoms with Crippen LogP contribution in [0.15, 0.2) is 42.6 Å². The molecule has 0 unspecified atom stereocenters. The molecule has 0 atom stereocenters. The van der Waals surface area contributed by atoms with Gasteiger partial charge < -0.3 is 9.47 Å². The van der Waals surface area contributed by atoms with Crippen LogP contribution in [0.4, 0.5) is 0 Å². The molecule has 1 aromatic carbocycles. The zero-order valence-electron chi connectivity index (χ0n) is 9.01. The highest BCUT2D eigenvalue weighted by Crippen LogP contribution is 2.25. The minimum Gasteiger partial charge on any atom is -0.492 e. The standard InChI is InChI=1S/C13H12NO2/c1-15-12-7-2-3-8-13(12)16-10-11-6-4-5-9-14-11/h2-6,8-9H,10H2,1H3. The largest absolute Gasteiger partial charge is 0.492 e. The summed E-state index contributed by atoms with van der Waals surface area (Å²) < 4.78 is 10.7. The lowest BCUT2D eigenvalue weighted by Crippen LogP contribution is -1.99. The highest BCUT2D eigenvalue weighted by molar-refractivity contribution is 5.38. The van der Waals surface area contributed by atoms with E-state index in [4.69, 9.17) is 9.47 Å². The highest BCUT2D eigenvalue weighted by atomic mass is 16.5. The van der Waals surface area contributed by atoms with Gasteiger partial charge in [0, 0.05) is 12.3 Å². The van der Waals surface area contributed by atoms with E-state index in [2.05, 4.69) is 11.1 Å². The van der Waals surface area contributed by atoms with Crippen LogP contribution in [-0.4, -0.2) is 12.1 Å². The molecule has 0 N–H and O–H groups in total. The second-order valence-electron chi connectivity index (χ2n) is 3.18. The van der Waals surface area contributed by atoms with Crippen LogP contribution >= 0.6 is 0 Å². The van der Waals surface area contributed by atoms with Crippen LogP contribution in [0, 0.1) is 6.07 Å². The van der Waals surface area contributed by atoms with Gasteiger partial charge >= 0.3 is 0 Å². The third-order valence-electron chi connectivity index (χ3n) is 2.09. The predicted octanol–water partition coefficient (Wildman–Crippen LogP) is 2.47. The summed E-state index contributed by atoms with van der Waals surface area (Å²) in [6, 6.07) is 14.2. The van der Waals surface area contributed by atoms with Crippen molar-refractivity contribution in [3.8, 4) is 11.5 Å². The van der Waals surface area contributed by atoms with E-state index in [-0.39, 0.29) is 0 Å². The molecule has 1 radical (unpaired) electrons. The quantitative estimate of drug-likeness (QED) is 0.783. The van der Waals surface area contributed by atoms with Crippen molar-refractivity contribution < 1.29 is 9.47 Å². The minimum absolute atomic E-state index is 0.426. The molecule has 0 amide bonds. The number of hydrogen-bond acceptors (Lipinski definition) is 3. The molecular formula is C13H12NO2. The lowest BCUT2D eigenvalue weighted by atomic mass is 10.3. The average Bonchev–Trinajstić information content (AvgIpc) is 2.38. The fraction of sp³-hybridized carbons (Fsp3) is 0.154. The van der Waals surface area contributed by atoms with Crippen LogP contribution in [0.3, 0.4) is 0 Å². The van der Waals surface area contributed by atoms with Gasteiger partial charge in [0.25, 0.3) is 0 Å². The number of rotatable bonds is 4. The van der Waals surface area contributed by atoms with E-state index in [1.807, 2.05) is 30.3 Å². The van der Waals surface area contributed by atoms with Gasteiger partial charge in [-0.25, -0.2) is 0 Å². The third kappa shape index (κ3) is 2.51. The first-order valence-electron chi connectivity index (χ1n) is 4.97. The van der Waals surface area contributed by atoms with Crippen molar-refractivity contribution in [3.05, 3.63) is 54.4 Å². The number of nitrogens with zero attached hydrogens (tertiary/aromatic N) is 1. The molecule has 0 spiro atoms. The minimum atomic E-state index is 0.426. The molecule has 1 heterocycles. The van der Waals surface area contributed by atoms with E-state index in [9.17, 15) is 0 Å². The van der Waals surface area contributed by atoms with E-state index in [0.717, 1.165) is 5.69 Å². The zero-order chi connectivity index (χ0) is 11.2. The maximum atomic E-state index is 5.60. The molecule has 0 saturated carbocycles. The molecule has 0 fully saturated rings. The van der Waals surface area contributed by atoms with E-state index in [0.29, 0.717) is 18.1 Å². The number of para-hydroxylation sites is 1. The monoisotopic (exact) mass is 214 g/mol. The van der Waals surface area contributed by atoms with Gasteiger partial charge in [0.1, 0.15) is 6.61 Å². The maximum Gasteiger partial charge on any atom is 0.168 e. The van der Waals surface area contributed by atoms with Crippen LogP contribution in [0.1, 0.15) is 5.69 Å². The van der Waals surface area contributed by atoms with Gasteiger partial charge in [0.05, 0.1) is 12.8 Å². The van der Waals surface area contributed by atoms with E-state index >= 15 is 0 Å². The molecule has 2 rings (SSSR count). The summed E-state index contributed by atoms with van der Waals surface area (Å²) in [4.78, 5) is 4.17. The van der Waals surface area contributed by atoms with Crippen molar-refractivity contribution in [2.75, 3.05) is 7.11 Å². The Labute approximate surface area is 94.7 Å². The van der Waals surface area contributed by atoms with Gasteiger partial charge in [-0.1, -0.05) is 18.2 Å². The molecule has 3 heteroatoms. The lowest BCUT2D eigenvalue weighted by Gasteiger charge is -2.09. The summed E-state index contributed by atoms with van der Waals surface area (Å²) in [5.41, 5.74) is 0.883. The first-order valence-corrected chi connectivity index (χ1v) is 4.97. The highest BCUT2D eigenvalue weighted by Gasteiger charge is 2.03. The van der Waals surface area contributed by atoms with Gasteiger partial charge in [0.2, 0.25) is 0 Å². The Morgan fingerprint density at radius 1 is 1.25 bits per heavy atom. The van der Waals surface area contributed by atoms with Crippen molar-refractivity contribution in [3.63, 3.8) is 0 Å². The Bertz CT molecular complexity index is 443. The Kier molecular flexibility index (Phi) is 3.38. The van der Waals surface area contributed by atoms with Gasteiger partial charge in [-0.15, -0.1) is 0 Å². The van der Waals surface area contributed by atoms with Crippen LogP contribution in [0.2, 0.25) is 0 Å². The number of pyridine rings is 1. The van der Waals surface area contributed by atoms with Crippen molar-refractivity contribution in [2.45, 2.75) is 6.61 Å². The molecular weight excluding hydrogens is 202 g/mol. The fourth-order valence-electron chi connectivity index (χ4n) is 1.31. The smallest absolute Gasteiger partial charge is 0.168 e. The predicted molar refractivity (Wildman–Crippen MR) is 60.4 cm³/mol. The average molecular weight is 214 g/mol. The van der Waals surface area contributed by atoms with Crippen LogP contribution in [-0.2, 0) is 6.61 Å². The third-order valence-corrected chi connectivity index (χ3v) is 2.09. The molecule has 16 heavy (non-hydrogen) atoms. The molecule has 0 bridgehead atoms. The zero-order valence-corrected chi connectivity index (χ0v) is 9.01. The summed E-state index contributed by atoms with van der Waals surface area (Å²) in [6.45, 7) is 0.426. The molecule has 0 aliphatic rings. The van der Waals surface area contributed by atoms with Crippen molar-refractivity contribution in [1.82, 2.24) is 4.98 Å². The van der Waals surface area contributed by atoms with E-state index in [1.165, 1.54) is 0 Å². The first-order chi connectivity index (χ1) is 7.90. The SMILES string of the molecule is COc1[c]cccc1OCc1ccccn1. The number of hydrogen-bond donors (Lipinski definition) is 0. The van der Waals surface area contributed by atoms with Gasteiger partial charge in [-0.2, -0.15) is 0 Å². The van der Waals surface area contributed by atoms with Crippen LogP contribution in [0.5, 0.6) is 11.5 Å². The Balaban J connectivity index is 2.05. The van der Waals surface area contributed by atoms with Crippen LogP contribution in [0.25, 0.3) is 0 Å². The lowest BCUT2D eigenvalue weighted by molar-refractivity contribution is 0.280. The molecule has 0 aliphatic heterocycles. The normalized spacial score (nSPS) is 9.81. The number of ether oxygens (including phenoxy) is 2. The second kappa shape index (κ2) is 5.16. The topological polar surface area (TPSA) is 31.4 Å².